The van der Waals surface area contributed by atoms with Crippen molar-refractivity contribution in [2.24, 2.45) is 0 Å². The number of ether oxygens (including phenoxy) is 1. The van der Waals surface area contributed by atoms with Gasteiger partial charge in [-0.3, -0.25) is 0 Å². The lowest BCUT2D eigenvalue weighted by Crippen LogP contribution is -1.89. The maximum Gasteiger partial charge on any atom is 0.123 e. The summed E-state index contributed by atoms with van der Waals surface area (Å²) in [6.07, 6.45) is 0. The topological polar surface area (TPSA) is 9.23 Å². The van der Waals surface area contributed by atoms with Crippen LogP contribution in [-0.4, -0.2) is 7.11 Å². The molecule has 1 aromatic carbocycles. The first kappa shape index (κ1) is 10.3. The third-order valence-corrected chi connectivity index (χ3v) is 4.17. The van der Waals surface area contributed by atoms with Crippen LogP contribution in [0.3, 0.4) is 0 Å². The first-order chi connectivity index (χ1) is 6.77. The summed E-state index contributed by atoms with van der Waals surface area (Å²) in [5.41, 5.74) is 1.18. The predicted octanol–water partition coefficient (Wildman–Crippen LogP) is 4.09. The molecule has 0 radical (unpaired) electrons. The van der Waals surface area contributed by atoms with Gasteiger partial charge in [-0.2, -0.15) is 0 Å². The van der Waals surface area contributed by atoms with Gasteiger partial charge in [-0.15, -0.1) is 24.0 Å². The molecule has 0 aliphatic rings. The van der Waals surface area contributed by atoms with Crippen molar-refractivity contribution in [2.45, 2.75) is 10.2 Å². The SMILES string of the molecule is COc1ccc2scc(S)c2c1CBr. The summed E-state index contributed by atoms with van der Waals surface area (Å²) < 4.78 is 6.56. The van der Waals surface area contributed by atoms with Gasteiger partial charge in [-0.1, -0.05) is 15.9 Å². The van der Waals surface area contributed by atoms with E-state index in [0.717, 1.165) is 16.0 Å². The van der Waals surface area contributed by atoms with Gasteiger partial charge in [0.15, 0.2) is 0 Å². The van der Waals surface area contributed by atoms with Crippen LogP contribution >= 0.6 is 39.9 Å². The van der Waals surface area contributed by atoms with Gasteiger partial charge in [-0.05, 0) is 12.1 Å². The molecule has 0 atom stereocenters. The Morgan fingerprint density at radius 2 is 2.29 bits per heavy atom. The Bertz CT molecular complexity index is 464. The minimum Gasteiger partial charge on any atom is -0.496 e. The number of alkyl halides is 1. The van der Waals surface area contributed by atoms with E-state index < -0.39 is 0 Å². The van der Waals surface area contributed by atoms with Crippen LogP contribution in [0.15, 0.2) is 22.4 Å². The minimum atomic E-state index is 0.789. The molecule has 4 heteroatoms. The second-order valence-corrected chi connectivity index (χ2v) is 4.83. The van der Waals surface area contributed by atoms with Crippen LogP contribution in [-0.2, 0) is 5.33 Å². The molecule has 2 aromatic rings. The van der Waals surface area contributed by atoms with Gasteiger partial charge in [0.05, 0.1) is 7.11 Å². The zero-order valence-electron chi connectivity index (χ0n) is 7.58. The van der Waals surface area contributed by atoms with Crippen LogP contribution in [0.2, 0.25) is 0 Å². The predicted molar refractivity (Wildman–Crippen MR) is 68.3 cm³/mol. The quantitative estimate of drug-likeness (QED) is 0.647. The molecule has 74 valence electrons. The van der Waals surface area contributed by atoms with Crippen LogP contribution in [0.4, 0.5) is 0 Å². The van der Waals surface area contributed by atoms with E-state index in [1.807, 2.05) is 6.07 Å². The fourth-order valence-electron chi connectivity index (χ4n) is 1.49. The van der Waals surface area contributed by atoms with Crippen LogP contribution in [0.5, 0.6) is 5.75 Å². The first-order valence-electron chi connectivity index (χ1n) is 4.10. The number of rotatable bonds is 2. The molecule has 2 rings (SSSR count). The summed E-state index contributed by atoms with van der Waals surface area (Å²) in [5, 5.41) is 4.05. The second-order valence-electron chi connectivity index (χ2n) is 2.87. The third kappa shape index (κ3) is 1.55. The van der Waals surface area contributed by atoms with Crippen molar-refractivity contribution in [1.29, 1.82) is 0 Å². The lowest BCUT2D eigenvalue weighted by atomic mass is 10.1. The number of methoxy groups -OCH3 is 1. The zero-order chi connectivity index (χ0) is 10.1. The Morgan fingerprint density at radius 1 is 1.50 bits per heavy atom. The molecule has 0 amide bonds. The van der Waals surface area contributed by atoms with E-state index in [9.17, 15) is 0 Å². The Balaban J connectivity index is 2.81. The fourth-order valence-corrected chi connectivity index (χ4v) is 3.39. The zero-order valence-corrected chi connectivity index (χ0v) is 10.9. The maximum absolute atomic E-state index is 5.31. The Hall–Kier alpha value is -0.190. The van der Waals surface area contributed by atoms with Gasteiger partial charge in [0.1, 0.15) is 5.75 Å². The monoisotopic (exact) mass is 288 g/mol. The van der Waals surface area contributed by atoms with Gasteiger partial charge < -0.3 is 4.74 Å². The number of benzene rings is 1. The summed E-state index contributed by atoms with van der Waals surface area (Å²) in [7, 11) is 1.69. The van der Waals surface area contributed by atoms with E-state index >= 15 is 0 Å². The summed E-state index contributed by atoms with van der Waals surface area (Å²) >= 11 is 9.63. The average molecular weight is 289 g/mol. The molecule has 0 aliphatic carbocycles. The Kier molecular flexibility index (Phi) is 3.04. The van der Waals surface area contributed by atoms with Gasteiger partial charge in [0.2, 0.25) is 0 Å². The molecule has 0 saturated heterocycles. The highest BCUT2D eigenvalue weighted by Crippen LogP contribution is 2.37. The molecule has 0 saturated carbocycles. The molecule has 0 N–H and O–H groups in total. The van der Waals surface area contributed by atoms with Gasteiger partial charge in [0.25, 0.3) is 0 Å². The first-order valence-corrected chi connectivity index (χ1v) is 6.54. The van der Waals surface area contributed by atoms with Crippen molar-refractivity contribution < 1.29 is 4.74 Å². The molecule has 1 aromatic heterocycles. The molecule has 0 unspecified atom stereocenters. The van der Waals surface area contributed by atoms with Gasteiger partial charge in [0, 0.05) is 31.3 Å². The number of thiol groups is 1. The lowest BCUT2D eigenvalue weighted by Gasteiger charge is -2.07. The van der Waals surface area contributed by atoms with Crippen molar-refractivity contribution in [3.8, 4) is 5.75 Å². The number of thiophene rings is 1. The van der Waals surface area contributed by atoms with Gasteiger partial charge in [-0.25, -0.2) is 0 Å². The van der Waals surface area contributed by atoms with Gasteiger partial charge >= 0.3 is 0 Å². The average Bonchev–Trinajstić information content (AvgIpc) is 2.59. The lowest BCUT2D eigenvalue weighted by molar-refractivity contribution is 0.412. The second kappa shape index (κ2) is 4.13. The van der Waals surface area contributed by atoms with E-state index in [-0.39, 0.29) is 0 Å². The highest BCUT2D eigenvalue weighted by Gasteiger charge is 2.10. The van der Waals surface area contributed by atoms with Crippen LogP contribution in [0.1, 0.15) is 5.56 Å². The summed E-state index contributed by atoms with van der Waals surface area (Å²) in [6, 6.07) is 4.08. The molecular weight excluding hydrogens is 280 g/mol. The number of hydrogen-bond acceptors (Lipinski definition) is 3. The fraction of sp³-hybridized carbons (Fsp3) is 0.200. The number of hydrogen-bond donors (Lipinski definition) is 1. The molecule has 14 heavy (non-hydrogen) atoms. The molecule has 0 bridgehead atoms. The molecule has 1 nitrogen and oxygen atoms in total. The molecule has 0 fully saturated rings. The maximum atomic E-state index is 5.31. The summed E-state index contributed by atoms with van der Waals surface area (Å²) in [6.45, 7) is 0. The normalized spacial score (nSPS) is 10.8. The number of halogens is 1. The van der Waals surface area contributed by atoms with Crippen molar-refractivity contribution in [3.05, 3.63) is 23.1 Å². The van der Waals surface area contributed by atoms with E-state index in [4.69, 9.17) is 4.74 Å². The van der Waals surface area contributed by atoms with Crippen LogP contribution in [0, 0.1) is 0 Å². The minimum absolute atomic E-state index is 0.789. The van der Waals surface area contributed by atoms with E-state index in [1.165, 1.54) is 15.6 Å². The van der Waals surface area contributed by atoms with E-state index in [1.54, 1.807) is 18.4 Å². The summed E-state index contributed by atoms with van der Waals surface area (Å²) in [4.78, 5) is 1.03. The third-order valence-electron chi connectivity index (χ3n) is 2.14. The van der Waals surface area contributed by atoms with Crippen LogP contribution < -0.4 is 4.74 Å². The van der Waals surface area contributed by atoms with Crippen molar-refractivity contribution in [1.82, 2.24) is 0 Å². The highest BCUT2D eigenvalue weighted by molar-refractivity contribution is 9.08. The molecule has 0 aliphatic heterocycles. The molecule has 1 heterocycles. The van der Waals surface area contributed by atoms with E-state index in [0.29, 0.717) is 0 Å². The Morgan fingerprint density at radius 3 is 2.93 bits per heavy atom. The molecular formula is C10H9BrOS2. The van der Waals surface area contributed by atoms with Crippen molar-refractivity contribution >= 4 is 50.0 Å². The van der Waals surface area contributed by atoms with Crippen molar-refractivity contribution in [3.63, 3.8) is 0 Å². The largest absolute Gasteiger partial charge is 0.496 e. The standard InChI is InChI=1S/C10H9BrOS2/c1-12-7-2-3-9-10(6(7)4-11)8(13)5-14-9/h2-3,5,13H,4H2,1H3. The molecule has 0 spiro atoms. The smallest absolute Gasteiger partial charge is 0.123 e. The summed E-state index contributed by atoms with van der Waals surface area (Å²) in [5.74, 6) is 0.920. The highest BCUT2D eigenvalue weighted by atomic mass is 79.9. The number of fused-ring (bicyclic) bond motifs is 1. The van der Waals surface area contributed by atoms with Crippen molar-refractivity contribution in [2.75, 3.05) is 7.11 Å². The van der Waals surface area contributed by atoms with Crippen LogP contribution in [0.25, 0.3) is 10.1 Å². The van der Waals surface area contributed by atoms with E-state index in [2.05, 4.69) is 40.0 Å². The Labute approximate surface area is 101 Å².